The third-order valence-electron chi connectivity index (χ3n) is 9.20. The molecule has 8 heteroatoms. The average molecular weight is 533 g/mol. The molecule has 2 bridgehead atoms. The number of thioether (sulfide) groups is 1. The zero-order valence-corrected chi connectivity index (χ0v) is 23.3. The maximum atomic E-state index is 14.5. The van der Waals surface area contributed by atoms with E-state index in [1.807, 2.05) is 11.8 Å². The summed E-state index contributed by atoms with van der Waals surface area (Å²) < 4.78 is 4.56. The molecule has 3 saturated heterocycles. The van der Waals surface area contributed by atoms with Crippen LogP contribution < -0.4 is 0 Å². The van der Waals surface area contributed by atoms with Crippen molar-refractivity contribution in [3.8, 4) is 0 Å². The number of nitrogens with zero attached hydrogens (tertiary/aromatic N) is 2. The van der Waals surface area contributed by atoms with Crippen molar-refractivity contribution in [2.75, 3.05) is 19.8 Å². The number of unbranched alkanes of at least 4 members (excludes halogenated alkanes) is 1. The molecule has 3 heterocycles. The van der Waals surface area contributed by atoms with E-state index in [1.165, 1.54) is 6.42 Å². The Morgan fingerprint density at radius 3 is 2.59 bits per heavy atom. The van der Waals surface area contributed by atoms with Crippen LogP contribution in [0.3, 0.4) is 0 Å². The highest BCUT2D eigenvalue weighted by atomic mass is 32.2. The predicted molar refractivity (Wildman–Crippen MR) is 146 cm³/mol. The maximum absolute atomic E-state index is 14.5. The number of ether oxygens (including phenoxy) is 1. The van der Waals surface area contributed by atoms with Crippen molar-refractivity contribution in [1.82, 2.24) is 9.80 Å². The highest BCUT2D eigenvalue weighted by molar-refractivity contribution is 8.02. The number of likely N-dealkylation sites (tertiary alicyclic amines) is 1. The lowest BCUT2D eigenvalue weighted by atomic mass is 9.66. The van der Waals surface area contributed by atoms with Crippen LogP contribution in [-0.2, 0) is 19.1 Å². The molecule has 1 saturated carbocycles. The summed E-state index contributed by atoms with van der Waals surface area (Å²) in [5, 5.41) is 10.3. The Kier molecular flexibility index (Phi) is 8.79. The number of esters is 1. The molecule has 0 radical (unpaired) electrons. The number of allylic oxidation sites excluding steroid dienone is 1. The fourth-order valence-electron chi connectivity index (χ4n) is 7.41. The van der Waals surface area contributed by atoms with Gasteiger partial charge in [-0.05, 0) is 51.9 Å². The number of rotatable bonds is 12. The van der Waals surface area contributed by atoms with Crippen molar-refractivity contribution in [2.45, 2.75) is 106 Å². The summed E-state index contributed by atoms with van der Waals surface area (Å²) in [6, 6.07) is -1.03. The van der Waals surface area contributed by atoms with Gasteiger partial charge in [0.2, 0.25) is 11.8 Å². The van der Waals surface area contributed by atoms with E-state index >= 15 is 0 Å². The average Bonchev–Trinajstić information content (AvgIpc) is 3.47. The van der Waals surface area contributed by atoms with E-state index in [0.29, 0.717) is 32.4 Å². The van der Waals surface area contributed by atoms with Gasteiger partial charge in [-0.25, -0.2) is 0 Å². The van der Waals surface area contributed by atoms with E-state index < -0.39 is 33.4 Å². The minimum absolute atomic E-state index is 0.0497. The molecule has 1 spiro atoms. The van der Waals surface area contributed by atoms with Gasteiger partial charge in [0.05, 0.1) is 35.8 Å². The summed E-state index contributed by atoms with van der Waals surface area (Å²) in [4.78, 5) is 45.8. The van der Waals surface area contributed by atoms with Crippen LogP contribution in [0.4, 0.5) is 0 Å². The number of hydrogen-bond donors (Lipinski definition) is 1. The molecular formula is C29H44N2O5S. The minimum atomic E-state index is -0.700. The molecule has 2 unspecified atom stereocenters. The number of carbonyl (C=O) groups excluding carboxylic acids is 3. The second kappa shape index (κ2) is 11.5. The Hall–Kier alpha value is -1.80. The zero-order chi connectivity index (χ0) is 26.8. The van der Waals surface area contributed by atoms with Gasteiger partial charge in [0, 0.05) is 17.3 Å². The number of amides is 2. The van der Waals surface area contributed by atoms with E-state index in [2.05, 4.69) is 20.1 Å². The Bertz CT molecular complexity index is 901. The molecule has 0 aromatic carbocycles. The van der Waals surface area contributed by atoms with Crippen molar-refractivity contribution < 1.29 is 24.2 Å². The molecule has 6 atom stereocenters. The fraction of sp³-hybridized carbons (Fsp3) is 0.759. The van der Waals surface area contributed by atoms with Crippen molar-refractivity contribution in [3.63, 3.8) is 0 Å². The van der Waals surface area contributed by atoms with Crippen LogP contribution in [0.5, 0.6) is 0 Å². The van der Waals surface area contributed by atoms with Crippen molar-refractivity contribution >= 4 is 29.5 Å². The number of aliphatic hydroxyl groups excluding tert-OH is 1. The number of fused-ring (bicyclic) bond motifs is 1. The molecule has 3 aliphatic heterocycles. The Morgan fingerprint density at radius 2 is 1.97 bits per heavy atom. The molecule has 1 aliphatic carbocycles. The number of aliphatic hydroxyl groups is 1. The SMILES string of the molecule is C=CCCCOC(=O)[C@H]1[C@H]2C(=O)N([C@@H](CC)CO)C(C(=O)N(CC=C)C3CCCCC3)C23CC[C@]1(C)S3. The zero-order valence-electron chi connectivity index (χ0n) is 22.5. The summed E-state index contributed by atoms with van der Waals surface area (Å²) in [5.41, 5.74) is 0. The third-order valence-corrected chi connectivity index (χ3v) is 11.2. The summed E-state index contributed by atoms with van der Waals surface area (Å²) >= 11 is 1.66. The van der Waals surface area contributed by atoms with Gasteiger partial charge in [-0.3, -0.25) is 14.4 Å². The third kappa shape index (κ3) is 4.77. The second-order valence-corrected chi connectivity index (χ2v) is 13.3. The van der Waals surface area contributed by atoms with Gasteiger partial charge in [-0.15, -0.1) is 24.9 Å². The molecule has 0 aromatic heterocycles. The molecule has 4 aliphatic rings. The molecule has 2 amide bonds. The Labute approximate surface area is 226 Å². The number of hydrogen-bond acceptors (Lipinski definition) is 6. The molecule has 0 aromatic rings. The quantitative estimate of drug-likeness (QED) is 0.231. The van der Waals surface area contributed by atoms with Crippen molar-refractivity contribution in [1.29, 1.82) is 0 Å². The standard InChI is InChI=1S/C29H44N2O5S/c1-5-8-12-18-36-27(35)23-22-25(33)31(20(7-3)19-32)24(29(22)16-15-28(23,4)37-29)26(34)30(17-6-2)21-13-10-9-11-14-21/h5-6,20-24,32H,1-2,7-19H2,3-4H3/t20-,22-,23+,24?,28-,29?/m0/s1. The first kappa shape index (κ1) is 28.2. The molecule has 4 rings (SSSR count). The van der Waals surface area contributed by atoms with Gasteiger partial charge in [-0.1, -0.05) is 38.3 Å². The normalized spacial score (nSPS) is 33.8. The van der Waals surface area contributed by atoms with Gasteiger partial charge in [-0.2, -0.15) is 0 Å². The summed E-state index contributed by atoms with van der Waals surface area (Å²) in [5.74, 6) is -1.77. The molecule has 7 nitrogen and oxygen atoms in total. The second-order valence-electron chi connectivity index (χ2n) is 11.4. The van der Waals surface area contributed by atoms with E-state index in [4.69, 9.17) is 4.74 Å². The topological polar surface area (TPSA) is 87.1 Å². The monoisotopic (exact) mass is 532 g/mol. The van der Waals surface area contributed by atoms with Crippen molar-refractivity contribution in [3.05, 3.63) is 25.3 Å². The first-order valence-corrected chi connectivity index (χ1v) is 14.9. The number of carbonyl (C=O) groups is 3. The molecular weight excluding hydrogens is 488 g/mol. The molecule has 4 fully saturated rings. The lowest BCUT2D eigenvalue weighted by Crippen LogP contribution is -2.59. The van der Waals surface area contributed by atoms with Crippen LogP contribution in [0.1, 0.15) is 78.1 Å². The Balaban J connectivity index is 1.72. The molecule has 206 valence electrons. The van der Waals surface area contributed by atoms with Crippen LogP contribution in [0, 0.1) is 11.8 Å². The molecule has 37 heavy (non-hydrogen) atoms. The van der Waals surface area contributed by atoms with E-state index in [1.54, 1.807) is 28.8 Å². The highest BCUT2D eigenvalue weighted by Crippen LogP contribution is 2.72. The van der Waals surface area contributed by atoms with Gasteiger partial charge in [0.1, 0.15) is 6.04 Å². The summed E-state index contributed by atoms with van der Waals surface area (Å²) in [6.45, 7) is 12.2. The van der Waals surface area contributed by atoms with Gasteiger partial charge in [0.25, 0.3) is 0 Å². The summed E-state index contributed by atoms with van der Waals surface area (Å²) in [6.07, 6.45) is 12.3. The first-order valence-electron chi connectivity index (χ1n) is 14.1. The van der Waals surface area contributed by atoms with Gasteiger partial charge >= 0.3 is 5.97 Å². The highest BCUT2D eigenvalue weighted by Gasteiger charge is 2.78. The van der Waals surface area contributed by atoms with Crippen LogP contribution in [0.2, 0.25) is 0 Å². The predicted octanol–water partition coefficient (Wildman–Crippen LogP) is 4.10. The van der Waals surface area contributed by atoms with Crippen LogP contribution in [0.15, 0.2) is 25.3 Å². The lowest BCUT2D eigenvalue weighted by molar-refractivity contribution is -0.156. The van der Waals surface area contributed by atoms with Gasteiger partial charge < -0.3 is 19.6 Å². The fourth-order valence-corrected chi connectivity index (χ4v) is 9.73. The van der Waals surface area contributed by atoms with Crippen LogP contribution in [-0.4, -0.2) is 80.1 Å². The maximum Gasteiger partial charge on any atom is 0.311 e. The first-order chi connectivity index (χ1) is 17.8. The van der Waals surface area contributed by atoms with Crippen LogP contribution >= 0.6 is 11.8 Å². The van der Waals surface area contributed by atoms with Gasteiger partial charge in [0.15, 0.2) is 0 Å². The summed E-state index contributed by atoms with van der Waals surface area (Å²) in [7, 11) is 0. The smallest absolute Gasteiger partial charge is 0.311 e. The van der Waals surface area contributed by atoms with Crippen LogP contribution in [0.25, 0.3) is 0 Å². The minimum Gasteiger partial charge on any atom is -0.465 e. The van der Waals surface area contributed by atoms with E-state index in [0.717, 1.165) is 38.5 Å². The van der Waals surface area contributed by atoms with Crippen molar-refractivity contribution in [2.24, 2.45) is 11.8 Å². The molecule has 1 N–H and O–H groups in total. The largest absolute Gasteiger partial charge is 0.465 e. The lowest BCUT2D eigenvalue weighted by Gasteiger charge is -2.42. The van der Waals surface area contributed by atoms with E-state index in [-0.39, 0.29) is 30.4 Å². The van der Waals surface area contributed by atoms with E-state index in [9.17, 15) is 19.5 Å². The Morgan fingerprint density at radius 1 is 1.24 bits per heavy atom.